The smallest absolute Gasteiger partial charge is 0.335 e. The molecule has 1 amide bonds. The third kappa shape index (κ3) is 8.88. The number of carbonyl (C=O) groups excluding carboxylic acids is 1. The highest BCUT2D eigenvalue weighted by Gasteiger charge is 2.31. The normalized spacial score (nSPS) is 19.1. The van der Waals surface area contributed by atoms with Crippen molar-refractivity contribution in [2.24, 2.45) is 0 Å². The second kappa shape index (κ2) is 15.8. The minimum atomic E-state index is -1.09. The average Bonchev–Trinajstić information content (AvgIpc) is 3.49. The van der Waals surface area contributed by atoms with E-state index in [0.717, 1.165) is 51.0 Å². The number of benzene rings is 3. The molecule has 0 radical (unpaired) electrons. The molecule has 2 aliphatic rings. The number of aryl methyl sites for hydroxylation is 1. The number of hydrogen-bond donors (Lipinski definition) is 1. The number of amides is 1. The summed E-state index contributed by atoms with van der Waals surface area (Å²) in [6.45, 7) is 6.50. The van der Waals surface area contributed by atoms with E-state index in [1.807, 2.05) is 30.3 Å². The molecule has 2 fully saturated rings. The minimum Gasteiger partial charge on any atom is -0.487 e. The van der Waals surface area contributed by atoms with Crippen LogP contribution < -0.4 is 10.1 Å². The van der Waals surface area contributed by atoms with Gasteiger partial charge >= 0.3 is 11.6 Å². The van der Waals surface area contributed by atoms with E-state index in [9.17, 15) is 4.79 Å². The molecule has 0 aliphatic carbocycles. The van der Waals surface area contributed by atoms with Gasteiger partial charge in [-0.3, -0.25) is 14.6 Å². The Morgan fingerprint density at radius 1 is 0.957 bits per heavy atom. The molecular weight excluding hydrogens is 607 g/mol. The number of nitrogens with one attached hydrogen (secondary N) is 1. The van der Waals surface area contributed by atoms with Crippen molar-refractivity contribution in [3.8, 4) is 11.8 Å². The first-order chi connectivity index (χ1) is 22.3. The Morgan fingerprint density at radius 2 is 1.59 bits per heavy atom. The molecular formula is C35H37FN4O5S. The molecule has 3 heterocycles. The summed E-state index contributed by atoms with van der Waals surface area (Å²) in [5.41, 5.74) is 4.85. The van der Waals surface area contributed by atoms with Gasteiger partial charge in [-0.2, -0.15) is 13.7 Å². The van der Waals surface area contributed by atoms with E-state index in [2.05, 4.69) is 52.4 Å². The van der Waals surface area contributed by atoms with Crippen LogP contribution >= 0.6 is 0 Å². The standard InChI is InChI=1S/C35H37FN4O3.O2S/c1-24-2-4-26(5-3-24)22-40-17-14-33(31(36)23-40)42-30-10-11-32-28(18-30)19-34(43-32)35(41)38-29-12-15-39(16-13-29)21-27-8-6-25(20-37)7-9-27;1-3-2/h2-11,18-19,29,31,33H,12-17,21-23H2,1H3,(H,38,41);/t31-,33-;/m1./s1. The molecule has 0 bridgehead atoms. The van der Waals surface area contributed by atoms with Gasteiger partial charge in [0, 0.05) is 50.7 Å². The van der Waals surface area contributed by atoms with Gasteiger partial charge in [0.1, 0.15) is 23.6 Å². The zero-order valence-electron chi connectivity index (χ0n) is 25.7. The van der Waals surface area contributed by atoms with Gasteiger partial charge in [0.2, 0.25) is 0 Å². The summed E-state index contributed by atoms with van der Waals surface area (Å²) in [4.78, 5) is 17.5. The topological polar surface area (TPSA) is 116 Å². The fourth-order valence-electron chi connectivity index (χ4n) is 5.99. The summed E-state index contributed by atoms with van der Waals surface area (Å²) >= 11 is -0.750. The van der Waals surface area contributed by atoms with E-state index in [4.69, 9.17) is 22.8 Å². The van der Waals surface area contributed by atoms with Gasteiger partial charge in [-0.15, -0.1) is 0 Å². The van der Waals surface area contributed by atoms with Crippen LogP contribution in [0.5, 0.6) is 5.75 Å². The summed E-state index contributed by atoms with van der Waals surface area (Å²) in [5, 5.41) is 12.9. The van der Waals surface area contributed by atoms with Crippen LogP contribution in [0.3, 0.4) is 0 Å². The first-order valence-corrected chi connectivity index (χ1v) is 16.1. The first kappa shape index (κ1) is 33.0. The Bertz CT molecular complexity index is 1690. The predicted octanol–water partition coefficient (Wildman–Crippen LogP) is 5.33. The lowest BCUT2D eigenvalue weighted by Gasteiger charge is -2.34. The van der Waals surface area contributed by atoms with Crippen molar-refractivity contribution in [2.45, 2.75) is 57.6 Å². The van der Waals surface area contributed by atoms with E-state index in [1.54, 1.807) is 18.2 Å². The molecule has 2 saturated heterocycles. The monoisotopic (exact) mass is 644 g/mol. The zero-order valence-corrected chi connectivity index (χ0v) is 26.5. The summed E-state index contributed by atoms with van der Waals surface area (Å²) in [7, 11) is 0. The van der Waals surface area contributed by atoms with Crippen LogP contribution in [-0.4, -0.2) is 68.6 Å². The first-order valence-electron chi connectivity index (χ1n) is 15.4. The molecule has 3 aromatic carbocycles. The van der Waals surface area contributed by atoms with Crippen molar-refractivity contribution in [1.82, 2.24) is 15.1 Å². The predicted molar refractivity (Wildman–Crippen MR) is 172 cm³/mol. The SMILES string of the molecule is Cc1ccc(CN2CC[C@@H](Oc3ccc4oc(C(=O)NC5CCN(Cc6ccc(C#N)cc6)CC5)cc4c3)[C@H](F)C2)cc1.O=S=O. The number of piperidine rings is 2. The number of carbonyl (C=O) groups is 1. The van der Waals surface area contributed by atoms with Crippen molar-refractivity contribution >= 4 is 28.4 Å². The molecule has 0 saturated carbocycles. The lowest BCUT2D eigenvalue weighted by atomic mass is 10.0. The van der Waals surface area contributed by atoms with Crippen LogP contribution in [0.2, 0.25) is 0 Å². The number of alkyl halides is 1. The highest BCUT2D eigenvalue weighted by Crippen LogP contribution is 2.28. The van der Waals surface area contributed by atoms with E-state index < -0.39 is 23.8 Å². The Hall–Kier alpha value is -4.37. The molecule has 46 heavy (non-hydrogen) atoms. The summed E-state index contributed by atoms with van der Waals surface area (Å²) in [5.74, 6) is 0.614. The Morgan fingerprint density at radius 3 is 2.24 bits per heavy atom. The maximum Gasteiger partial charge on any atom is 0.335 e. The molecule has 11 heteroatoms. The van der Waals surface area contributed by atoms with Crippen molar-refractivity contribution in [1.29, 1.82) is 5.26 Å². The molecule has 4 aromatic rings. The number of hydrogen-bond acceptors (Lipinski definition) is 8. The quantitative estimate of drug-likeness (QED) is 0.274. The highest BCUT2D eigenvalue weighted by molar-refractivity contribution is 7.51. The zero-order chi connectivity index (χ0) is 32.5. The van der Waals surface area contributed by atoms with Crippen molar-refractivity contribution in [3.05, 3.63) is 101 Å². The van der Waals surface area contributed by atoms with Crippen molar-refractivity contribution in [2.75, 3.05) is 26.2 Å². The van der Waals surface area contributed by atoms with Crippen LogP contribution in [-0.2, 0) is 24.7 Å². The molecule has 240 valence electrons. The lowest BCUT2D eigenvalue weighted by Crippen LogP contribution is -2.46. The summed E-state index contributed by atoms with van der Waals surface area (Å²) in [6, 6.07) is 25.4. The van der Waals surface area contributed by atoms with E-state index >= 15 is 4.39 Å². The molecule has 2 atom stereocenters. The van der Waals surface area contributed by atoms with Gasteiger partial charge < -0.3 is 14.5 Å². The second-order valence-electron chi connectivity index (χ2n) is 11.9. The Kier molecular flexibility index (Phi) is 11.3. The van der Waals surface area contributed by atoms with E-state index in [1.165, 1.54) is 16.7 Å². The van der Waals surface area contributed by atoms with Crippen molar-refractivity contribution in [3.63, 3.8) is 0 Å². The number of likely N-dealkylation sites (tertiary alicyclic amines) is 2. The average molecular weight is 645 g/mol. The number of halogens is 1. The maximum absolute atomic E-state index is 15.1. The van der Waals surface area contributed by atoms with Crippen molar-refractivity contribution < 1.29 is 26.8 Å². The van der Waals surface area contributed by atoms with Gasteiger partial charge in [0.15, 0.2) is 5.76 Å². The molecule has 1 aromatic heterocycles. The number of nitriles is 1. The van der Waals surface area contributed by atoms with Gasteiger partial charge in [0.05, 0.1) is 11.6 Å². The van der Waals surface area contributed by atoms with Gasteiger partial charge in [0.25, 0.3) is 5.91 Å². The number of fused-ring (bicyclic) bond motifs is 1. The van der Waals surface area contributed by atoms with Crippen LogP contribution in [0, 0.1) is 18.3 Å². The second-order valence-corrected chi connectivity index (χ2v) is 12.0. The molecule has 0 spiro atoms. The summed E-state index contributed by atoms with van der Waals surface area (Å²) < 4.78 is 43.6. The molecule has 6 rings (SSSR count). The fraction of sp³-hybridized carbons (Fsp3) is 0.371. The summed E-state index contributed by atoms with van der Waals surface area (Å²) in [6.07, 6.45) is 0.722. The molecule has 2 aliphatic heterocycles. The van der Waals surface area contributed by atoms with Gasteiger partial charge in [-0.1, -0.05) is 42.0 Å². The van der Waals surface area contributed by atoms with Gasteiger partial charge in [-0.05, 0) is 73.7 Å². The third-order valence-electron chi connectivity index (χ3n) is 8.50. The minimum absolute atomic E-state index is 0.0789. The number of nitrogens with zero attached hydrogens (tertiary/aromatic N) is 3. The maximum atomic E-state index is 15.1. The Labute approximate surface area is 271 Å². The number of ether oxygens (including phenoxy) is 1. The highest BCUT2D eigenvalue weighted by atomic mass is 32.1. The van der Waals surface area contributed by atoms with E-state index in [-0.39, 0.29) is 17.7 Å². The molecule has 0 unspecified atom stereocenters. The molecule has 1 N–H and O–H groups in total. The lowest BCUT2D eigenvalue weighted by molar-refractivity contribution is 0.0191. The fourth-order valence-corrected chi connectivity index (χ4v) is 5.99. The van der Waals surface area contributed by atoms with Crippen LogP contribution in [0.1, 0.15) is 52.1 Å². The number of rotatable bonds is 8. The number of furan rings is 1. The third-order valence-corrected chi connectivity index (χ3v) is 8.50. The van der Waals surface area contributed by atoms with Crippen LogP contribution in [0.15, 0.2) is 77.2 Å². The largest absolute Gasteiger partial charge is 0.487 e. The van der Waals surface area contributed by atoms with Crippen LogP contribution in [0.4, 0.5) is 4.39 Å². The van der Waals surface area contributed by atoms with Crippen LogP contribution in [0.25, 0.3) is 11.0 Å². The Balaban J connectivity index is 0.00000134. The van der Waals surface area contributed by atoms with E-state index in [0.29, 0.717) is 29.9 Å². The van der Waals surface area contributed by atoms with Gasteiger partial charge in [-0.25, -0.2) is 4.39 Å². The molecule has 9 nitrogen and oxygen atoms in total.